The lowest BCUT2D eigenvalue weighted by atomic mass is 9.61. The van der Waals surface area contributed by atoms with Crippen LogP contribution in [0, 0.1) is 17.8 Å². The molecule has 0 aromatic heterocycles. The Kier molecular flexibility index (Phi) is 3.82. The predicted octanol–water partition coefficient (Wildman–Crippen LogP) is 2.35. The van der Waals surface area contributed by atoms with Gasteiger partial charge in [0.15, 0.2) is 5.60 Å². The zero-order valence-electron chi connectivity index (χ0n) is 13.6. The fourth-order valence-electron chi connectivity index (χ4n) is 4.37. The van der Waals surface area contributed by atoms with Crippen molar-refractivity contribution in [2.75, 3.05) is 0 Å². The van der Waals surface area contributed by atoms with Crippen LogP contribution in [-0.2, 0) is 28.8 Å². The average molecular weight is 312 g/mol. The van der Waals surface area contributed by atoms with E-state index >= 15 is 0 Å². The number of ether oxygens (including phenoxy) is 2. The number of carbonyl (C=O) groups is 2. The van der Waals surface area contributed by atoms with E-state index in [9.17, 15) is 9.59 Å². The van der Waals surface area contributed by atoms with Gasteiger partial charge in [0.2, 0.25) is 12.1 Å². The topological polar surface area (TPSA) is 71.1 Å². The normalized spacial score (nSPS) is 47.5. The molecule has 6 atom stereocenters. The first-order chi connectivity index (χ1) is 10.3. The molecule has 1 spiro atoms. The number of Topliss-reactive ketones (excluding diaryl/α,β-unsaturated/α-hetero) is 1. The molecule has 3 aliphatic heterocycles. The molecule has 2 bridgehead atoms. The monoisotopic (exact) mass is 312 g/mol. The molecule has 3 saturated heterocycles. The Labute approximate surface area is 130 Å². The molecule has 3 heterocycles. The summed E-state index contributed by atoms with van der Waals surface area (Å²) in [4.78, 5) is 35.1. The van der Waals surface area contributed by atoms with E-state index in [4.69, 9.17) is 19.2 Å². The van der Waals surface area contributed by atoms with Gasteiger partial charge in [0, 0.05) is 19.3 Å². The first kappa shape index (κ1) is 15.9. The maximum atomic E-state index is 12.2. The summed E-state index contributed by atoms with van der Waals surface area (Å²) < 4.78 is 11.4. The van der Waals surface area contributed by atoms with E-state index in [1.807, 2.05) is 0 Å². The van der Waals surface area contributed by atoms with E-state index < -0.39 is 23.6 Å². The first-order valence-electron chi connectivity index (χ1n) is 8.01. The summed E-state index contributed by atoms with van der Waals surface area (Å²) in [5.74, 6) is -1.35. The van der Waals surface area contributed by atoms with E-state index in [1.54, 1.807) is 13.8 Å². The maximum Gasteiger partial charge on any atom is 0.305 e. The van der Waals surface area contributed by atoms with Gasteiger partial charge in [0.05, 0.1) is 5.92 Å². The zero-order chi connectivity index (χ0) is 16.1. The molecule has 0 radical (unpaired) electrons. The van der Waals surface area contributed by atoms with E-state index in [0.717, 1.165) is 12.8 Å². The quantitative estimate of drug-likeness (QED) is 0.576. The summed E-state index contributed by atoms with van der Waals surface area (Å²) in [6.07, 6.45) is 2.19. The highest BCUT2D eigenvalue weighted by atomic mass is 17.3. The Morgan fingerprint density at radius 2 is 1.86 bits per heavy atom. The maximum absolute atomic E-state index is 12.2. The lowest BCUT2D eigenvalue weighted by Gasteiger charge is -2.53. The van der Waals surface area contributed by atoms with Crippen LogP contribution in [0.15, 0.2) is 0 Å². The minimum atomic E-state index is -1.04. The predicted molar refractivity (Wildman–Crippen MR) is 75.2 cm³/mol. The lowest BCUT2D eigenvalue weighted by molar-refractivity contribution is -0.550. The van der Waals surface area contributed by atoms with Crippen LogP contribution in [0.25, 0.3) is 0 Å². The molecule has 124 valence electrons. The summed E-state index contributed by atoms with van der Waals surface area (Å²) in [6.45, 7) is 6.82. The molecule has 1 aliphatic carbocycles. The van der Waals surface area contributed by atoms with Crippen LogP contribution < -0.4 is 0 Å². The average Bonchev–Trinajstić information content (AvgIpc) is 2.63. The Balaban J connectivity index is 2.08. The fraction of sp³-hybridized carbons (Fsp3) is 0.875. The molecule has 0 aromatic carbocycles. The Bertz CT molecular complexity index is 491. The highest BCUT2D eigenvalue weighted by molar-refractivity contribution is 5.80. The largest absolute Gasteiger partial charge is 0.432 e. The second-order valence-corrected chi connectivity index (χ2v) is 7.08. The van der Waals surface area contributed by atoms with Gasteiger partial charge in [-0.15, -0.1) is 0 Å². The smallest absolute Gasteiger partial charge is 0.305 e. The summed E-state index contributed by atoms with van der Waals surface area (Å²) in [5, 5.41) is 0. The van der Waals surface area contributed by atoms with Crippen LogP contribution in [0.5, 0.6) is 0 Å². The molecule has 0 aromatic rings. The number of hydrogen-bond donors (Lipinski definition) is 0. The summed E-state index contributed by atoms with van der Waals surface area (Å²) in [5.41, 5.74) is -1.04. The number of hydrogen-bond acceptors (Lipinski definition) is 6. The van der Waals surface area contributed by atoms with Crippen molar-refractivity contribution in [3.8, 4) is 0 Å². The van der Waals surface area contributed by atoms with Crippen LogP contribution in [0.1, 0.15) is 53.4 Å². The van der Waals surface area contributed by atoms with Crippen molar-refractivity contribution >= 4 is 11.8 Å². The Morgan fingerprint density at radius 3 is 2.50 bits per heavy atom. The molecule has 0 amide bonds. The van der Waals surface area contributed by atoms with Gasteiger partial charge in [-0.1, -0.05) is 6.92 Å². The minimum absolute atomic E-state index is 0.0201. The van der Waals surface area contributed by atoms with Crippen molar-refractivity contribution in [1.29, 1.82) is 0 Å². The van der Waals surface area contributed by atoms with Crippen LogP contribution in [0.4, 0.5) is 0 Å². The van der Waals surface area contributed by atoms with Gasteiger partial charge in [0.1, 0.15) is 5.78 Å². The molecule has 6 nitrogen and oxygen atoms in total. The zero-order valence-corrected chi connectivity index (χ0v) is 13.6. The molecule has 1 saturated carbocycles. The van der Waals surface area contributed by atoms with Crippen molar-refractivity contribution in [1.82, 2.24) is 0 Å². The highest BCUT2D eigenvalue weighted by Gasteiger charge is 2.67. The first-order valence-corrected chi connectivity index (χ1v) is 8.01. The molecule has 0 unspecified atom stereocenters. The number of carbonyl (C=O) groups excluding carboxylic acids is 2. The van der Waals surface area contributed by atoms with Crippen molar-refractivity contribution in [3.05, 3.63) is 0 Å². The number of rotatable bonds is 2. The standard InChI is InChI=1S/C16H24O6/c1-9-5-6-13(10(2)17)16-12(9)7-8-15(4,21-22-16)20-14(16)19-11(3)18/h9,12-14H,5-8H2,1-4H3/t9-,12+,13+,14-,15-,16-/m1/s1. The molecule has 0 N–H and O–H groups in total. The van der Waals surface area contributed by atoms with Crippen molar-refractivity contribution < 1.29 is 28.8 Å². The van der Waals surface area contributed by atoms with Crippen molar-refractivity contribution in [2.24, 2.45) is 17.8 Å². The molecular formula is C16H24O6. The van der Waals surface area contributed by atoms with Crippen LogP contribution in [0.2, 0.25) is 0 Å². The SMILES string of the molecule is CC(=O)O[C@@H]1O[C@@]2(C)CC[C@H]3[C@H](C)CC[C@@H](C(C)=O)[C@@]13OO2. The van der Waals surface area contributed by atoms with Gasteiger partial charge in [-0.05, 0) is 39.0 Å². The fourth-order valence-corrected chi connectivity index (χ4v) is 4.37. The third kappa shape index (κ3) is 2.28. The van der Waals surface area contributed by atoms with Crippen LogP contribution >= 0.6 is 0 Å². The van der Waals surface area contributed by atoms with Gasteiger partial charge in [-0.2, -0.15) is 0 Å². The van der Waals surface area contributed by atoms with Gasteiger partial charge in [0.25, 0.3) is 0 Å². The van der Waals surface area contributed by atoms with Gasteiger partial charge in [-0.25, -0.2) is 9.78 Å². The Morgan fingerprint density at radius 1 is 1.14 bits per heavy atom. The van der Waals surface area contributed by atoms with E-state index in [2.05, 4.69) is 6.92 Å². The summed E-state index contributed by atoms with van der Waals surface area (Å²) in [7, 11) is 0. The summed E-state index contributed by atoms with van der Waals surface area (Å²) in [6, 6.07) is 0. The minimum Gasteiger partial charge on any atom is -0.432 e. The molecule has 4 aliphatic rings. The second-order valence-electron chi connectivity index (χ2n) is 7.08. The van der Waals surface area contributed by atoms with Crippen LogP contribution in [0.3, 0.4) is 0 Å². The van der Waals surface area contributed by atoms with Gasteiger partial charge < -0.3 is 9.47 Å². The van der Waals surface area contributed by atoms with Crippen molar-refractivity contribution in [2.45, 2.75) is 71.1 Å². The second kappa shape index (κ2) is 5.28. The third-order valence-corrected chi connectivity index (χ3v) is 5.48. The highest BCUT2D eigenvalue weighted by Crippen LogP contribution is 2.56. The molecule has 22 heavy (non-hydrogen) atoms. The van der Waals surface area contributed by atoms with Crippen LogP contribution in [-0.4, -0.2) is 29.4 Å². The number of ketones is 1. The molecule has 4 rings (SSSR count). The Hall–Kier alpha value is -0.980. The van der Waals surface area contributed by atoms with Gasteiger partial charge >= 0.3 is 5.97 Å². The van der Waals surface area contributed by atoms with E-state index in [1.165, 1.54) is 6.92 Å². The molecule has 4 fully saturated rings. The number of esters is 1. The number of fused-ring (bicyclic) bond motifs is 3. The van der Waals surface area contributed by atoms with E-state index in [-0.39, 0.29) is 17.6 Å². The van der Waals surface area contributed by atoms with Crippen molar-refractivity contribution in [3.63, 3.8) is 0 Å². The lowest BCUT2D eigenvalue weighted by Crippen LogP contribution is -2.66. The van der Waals surface area contributed by atoms with Gasteiger partial charge in [-0.3, -0.25) is 9.59 Å². The van der Waals surface area contributed by atoms with E-state index in [0.29, 0.717) is 18.8 Å². The molecule has 6 heteroatoms. The summed E-state index contributed by atoms with van der Waals surface area (Å²) >= 11 is 0. The molecular weight excluding hydrogens is 288 g/mol. The third-order valence-electron chi connectivity index (χ3n) is 5.48.